The van der Waals surface area contributed by atoms with E-state index in [-0.39, 0.29) is 28.1 Å². The van der Waals surface area contributed by atoms with Gasteiger partial charge in [-0.2, -0.15) is 0 Å². The molecule has 22 heavy (non-hydrogen) atoms. The van der Waals surface area contributed by atoms with Crippen LogP contribution < -0.4 is 0 Å². The molecule has 0 aromatic carbocycles. The van der Waals surface area contributed by atoms with Crippen molar-refractivity contribution in [2.75, 3.05) is 0 Å². The predicted octanol–water partition coefficient (Wildman–Crippen LogP) is 1.83. The quantitative estimate of drug-likeness (QED) is 0.563. The topological polar surface area (TPSA) is 149 Å². The number of carboxylic acids is 4. The lowest BCUT2D eigenvalue weighted by Gasteiger charge is -2.00. The molecule has 2 aliphatic heterocycles. The van der Waals surface area contributed by atoms with Crippen LogP contribution in [0.25, 0.3) is 0 Å². The fraction of sp³-hybridized carbons (Fsp3) is 0. The van der Waals surface area contributed by atoms with Crippen molar-refractivity contribution >= 4 is 70.9 Å². The monoisotopic (exact) mass is 380 g/mol. The zero-order valence-electron chi connectivity index (χ0n) is 10.1. The molecule has 2 rings (SSSR count). The number of hydrogen-bond acceptors (Lipinski definition) is 8. The van der Waals surface area contributed by atoms with Crippen LogP contribution in [0.2, 0.25) is 0 Å². The van der Waals surface area contributed by atoms with Gasteiger partial charge in [0.25, 0.3) is 0 Å². The second-order valence-electron chi connectivity index (χ2n) is 3.52. The van der Waals surface area contributed by atoms with Crippen molar-refractivity contribution in [2.24, 2.45) is 0 Å². The molecule has 0 saturated heterocycles. The highest BCUT2D eigenvalue weighted by Crippen LogP contribution is 2.59. The van der Waals surface area contributed by atoms with E-state index in [1.807, 2.05) is 0 Å². The summed E-state index contributed by atoms with van der Waals surface area (Å²) in [5, 5.41) is 35.9. The van der Waals surface area contributed by atoms with Crippen LogP contribution in [0.5, 0.6) is 0 Å². The zero-order valence-corrected chi connectivity index (χ0v) is 13.3. The average molecular weight is 380 g/mol. The standard InChI is InChI=1S/C10H4O8S4/c11-5(12)1-2(6(13)14)20-9(19-1)10-21-3(7(15)16)4(22-10)8(17)18/h(H,11,12)(H,13,14)(H,15,16)(H,17,18). The van der Waals surface area contributed by atoms with Gasteiger partial charge >= 0.3 is 23.9 Å². The van der Waals surface area contributed by atoms with Gasteiger partial charge in [0.05, 0.1) is 8.47 Å². The third kappa shape index (κ3) is 3.14. The molecule has 0 aliphatic carbocycles. The van der Waals surface area contributed by atoms with Crippen LogP contribution >= 0.6 is 47.0 Å². The summed E-state index contributed by atoms with van der Waals surface area (Å²) in [6.45, 7) is 0. The number of carboxylic acid groups (broad SMARTS) is 4. The Morgan fingerprint density at radius 1 is 0.500 bits per heavy atom. The van der Waals surface area contributed by atoms with Crippen LogP contribution in [0.1, 0.15) is 0 Å². The molecular weight excluding hydrogens is 376 g/mol. The molecule has 0 aromatic rings. The van der Waals surface area contributed by atoms with Gasteiger partial charge in [-0.05, 0) is 0 Å². The summed E-state index contributed by atoms with van der Waals surface area (Å²) >= 11 is 2.67. The summed E-state index contributed by atoms with van der Waals surface area (Å²) in [5.74, 6) is -5.65. The highest BCUT2D eigenvalue weighted by atomic mass is 32.2. The Labute approximate surface area is 138 Å². The Kier molecular flexibility index (Phi) is 4.84. The van der Waals surface area contributed by atoms with Gasteiger partial charge in [-0.25, -0.2) is 19.2 Å². The normalized spacial score (nSPS) is 18.2. The van der Waals surface area contributed by atoms with Crippen molar-refractivity contribution in [3.63, 3.8) is 0 Å². The lowest BCUT2D eigenvalue weighted by atomic mass is 10.5. The van der Waals surface area contributed by atoms with Crippen molar-refractivity contribution in [3.8, 4) is 0 Å². The first-order chi connectivity index (χ1) is 10.2. The molecule has 0 atom stereocenters. The van der Waals surface area contributed by atoms with Crippen molar-refractivity contribution in [2.45, 2.75) is 0 Å². The maximum Gasteiger partial charge on any atom is 0.344 e. The minimum atomic E-state index is -1.41. The van der Waals surface area contributed by atoms with E-state index in [9.17, 15) is 19.2 Å². The van der Waals surface area contributed by atoms with E-state index in [1.165, 1.54) is 0 Å². The minimum Gasteiger partial charge on any atom is -0.477 e. The lowest BCUT2D eigenvalue weighted by Crippen LogP contribution is -2.03. The van der Waals surface area contributed by atoms with E-state index in [2.05, 4.69) is 0 Å². The first kappa shape index (κ1) is 16.9. The fourth-order valence-electron chi connectivity index (χ4n) is 1.33. The van der Waals surface area contributed by atoms with E-state index in [0.717, 1.165) is 0 Å². The van der Waals surface area contributed by atoms with Crippen molar-refractivity contribution in [3.05, 3.63) is 28.1 Å². The summed E-state index contributed by atoms with van der Waals surface area (Å²) in [6.07, 6.45) is 0. The summed E-state index contributed by atoms with van der Waals surface area (Å²) in [4.78, 5) is 42.6. The third-order valence-electron chi connectivity index (χ3n) is 2.14. The average Bonchev–Trinajstić information content (AvgIpc) is 3.02. The molecule has 0 bridgehead atoms. The molecule has 0 saturated carbocycles. The summed E-state index contributed by atoms with van der Waals surface area (Å²) in [5.41, 5.74) is 0. The largest absolute Gasteiger partial charge is 0.477 e. The van der Waals surface area contributed by atoms with Crippen molar-refractivity contribution < 1.29 is 39.6 Å². The molecule has 4 N–H and O–H groups in total. The molecular formula is C10H4O8S4. The number of rotatable bonds is 4. The van der Waals surface area contributed by atoms with E-state index in [1.54, 1.807) is 0 Å². The van der Waals surface area contributed by atoms with E-state index in [4.69, 9.17) is 20.4 Å². The molecule has 2 aliphatic rings. The molecule has 12 heteroatoms. The number of thioether (sulfide) groups is 4. The summed E-state index contributed by atoms with van der Waals surface area (Å²) < 4.78 is 0.472. The van der Waals surface area contributed by atoms with Gasteiger partial charge in [-0.15, -0.1) is 0 Å². The number of carbonyl (C=O) groups is 4. The molecule has 0 radical (unpaired) electrons. The SMILES string of the molecule is O=C(O)C1=C(C(=O)O)SC(=C2SC(C(=O)O)=C(C(=O)O)S2)S1. The van der Waals surface area contributed by atoms with Gasteiger partial charge in [0, 0.05) is 0 Å². The molecule has 0 fully saturated rings. The fourth-order valence-corrected chi connectivity index (χ4v) is 6.31. The van der Waals surface area contributed by atoms with Gasteiger partial charge in [-0.1, -0.05) is 47.0 Å². The molecule has 0 unspecified atom stereocenters. The molecule has 2 heterocycles. The molecule has 0 amide bonds. The van der Waals surface area contributed by atoms with Crippen molar-refractivity contribution in [1.29, 1.82) is 0 Å². The van der Waals surface area contributed by atoms with Crippen LogP contribution in [0, 0.1) is 0 Å². The summed E-state index contributed by atoms with van der Waals surface area (Å²) in [6, 6.07) is 0. The van der Waals surface area contributed by atoms with Gasteiger partial charge in [-0.3, -0.25) is 0 Å². The van der Waals surface area contributed by atoms with Gasteiger partial charge < -0.3 is 20.4 Å². The molecule has 0 aromatic heterocycles. The maximum atomic E-state index is 11.0. The minimum absolute atomic E-state index is 0.236. The summed E-state index contributed by atoms with van der Waals surface area (Å²) in [7, 11) is 0. The molecule has 116 valence electrons. The smallest absolute Gasteiger partial charge is 0.344 e. The van der Waals surface area contributed by atoms with E-state index < -0.39 is 23.9 Å². The Morgan fingerprint density at radius 2 is 0.682 bits per heavy atom. The van der Waals surface area contributed by atoms with Gasteiger partial charge in [0.2, 0.25) is 0 Å². The highest BCUT2D eigenvalue weighted by Gasteiger charge is 2.37. The Hall–Kier alpha value is -1.50. The number of aliphatic carboxylic acids is 4. The Morgan fingerprint density at radius 3 is 0.818 bits per heavy atom. The van der Waals surface area contributed by atoms with Crippen LogP contribution in [0.4, 0.5) is 0 Å². The lowest BCUT2D eigenvalue weighted by molar-refractivity contribution is -0.134. The predicted molar refractivity (Wildman–Crippen MR) is 82.0 cm³/mol. The van der Waals surface area contributed by atoms with E-state index in [0.29, 0.717) is 47.0 Å². The van der Waals surface area contributed by atoms with Gasteiger partial charge in [0.1, 0.15) is 19.6 Å². The first-order valence-electron chi connectivity index (χ1n) is 5.09. The van der Waals surface area contributed by atoms with E-state index >= 15 is 0 Å². The number of hydrogen-bond donors (Lipinski definition) is 4. The molecule has 0 spiro atoms. The third-order valence-corrected chi connectivity index (χ3v) is 7.80. The Balaban J connectivity index is 2.35. The van der Waals surface area contributed by atoms with Gasteiger partial charge in [0.15, 0.2) is 0 Å². The zero-order chi connectivity index (χ0) is 16.6. The second-order valence-corrected chi connectivity index (χ2v) is 8.12. The Bertz CT molecular complexity index is 600. The van der Waals surface area contributed by atoms with Crippen LogP contribution in [0.3, 0.4) is 0 Å². The molecule has 8 nitrogen and oxygen atoms in total. The highest BCUT2D eigenvalue weighted by molar-refractivity contribution is 8.35. The second kappa shape index (κ2) is 6.32. The van der Waals surface area contributed by atoms with Crippen molar-refractivity contribution in [1.82, 2.24) is 0 Å². The first-order valence-corrected chi connectivity index (χ1v) is 8.36. The maximum absolute atomic E-state index is 11.0. The van der Waals surface area contributed by atoms with Crippen LogP contribution in [0.15, 0.2) is 28.1 Å². The van der Waals surface area contributed by atoms with Crippen LogP contribution in [-0.4, -0.2) is 44.3 Å². The van der Waals surface area contributed by atoms with Crippen LogP contribution in [-0.2, 0) is 19.2 Å².